The molecule has 0 unspecified atom stereocenters. The van der Waals surface area contributed by atoms with Gasteiger partial charge in [0.05, 0.1) is 5.39 Å². The molecule has 11 nitrogen and oxygen atoms in total. The maximum atomic E-state index is 12.7. The van der Waals surface area contributed by atoms with Gasteiger partial charge < -0.3 is 10.6 Å². The summed E-state index contributed by atoms with van der Waals surface area (Å²) in [6.45, 7) is 1.85. The molecule has 0 spiro atoms. The Morgan fingerprint density at radius 2 is 1.68 bits per heavy atom. The molecule has 2 amide bonds. The second kappa shape index (κ2) is 9.29. The molecule has 0 aliphatic carbocycles. The summed E-state index contributed by atoms with van der Waals surface area (Å²) in [5.41, 5.74) is 1.22. The van der Waals surface area contributed by atoms with Crippen LogP contribution in [-0.4, -0.2) is 29.4 Å². The van der Waals surface area contributed by atoms with E-state index in [0.29, 0.717) is 16.9 Å². The Bertz CT molecular complexity index is 1610. The number of carbonyl (C=O) groups excluding carboxylic acids is 1. The number of carbonyl (C=O) groups is 1. The third kappa shape index (κ3) is 5.36. The molecule has 4 aromatic rings. The largest absolute Gasteiger partial charge is 0.327 e. The first kappa shape index (κ1) is 22.9. The van der Waals surface area contributed by atoms with Crippen LogP contribution in [0.5, 0.6) is 0 Å². The third-order valence-electron chi connectivity index (χ3n) is 4.80. The zero-order valence-electron chi connectivity index (χ0n) is 17.9. The van der Waals surface area contributed by atoms with Crippen molar-refractivity contribution in [1.82, 2.24) is 19.7 Å². The van der Waals surface area contributed by atoms with E-state index in [1.165, 1.54) is 0 Å². The average Bonchev–Trinajstić information content (AvgIpc) is 2.77. The minimum absolute atomic E-state index is 0.0181. The van der Waals surface area contributed by atoms with Crippen LogP contribution < -0.4 is 26.6 Å². The summed E-state index contributed by atoms with van der Waals surface area (Å²) in [7, 11) is -4.01. The van der Waals surface area contributed by atoms with Crippen LogP contribution in [-0.2, 0) is 16.6 Å². The third-order valence-corrected chi connectivity index (χ3v) is 6.17. The lowest BCUT2D eigenvalue weighted by Gasteiger charge is -2.11. The number of sulfonamides is 1. The molecule has 0 atom stereocenters. The fourth-order valence-corrected chi connectivity index (χ4v) is 4.20. The first-order valence-electron chi connectivity index (χ1n) is 10.1. The molecule has 0 saturated carbocycles. The van der Waals surface area contributed by atoms with Crippen molar-refractivity contribution in [3.8, 4) is 0 Å². The molecule has 12 heteroatoms. The number of aromatic nitrogens is 3. The van der Waals surface area contributed by atoms with Crippen molar-refractivity contribution in [3.05, 3.63) is 92.8 Å². The van der Waals surface area contributed by atoms with Gasteiger partial charge >= 0.3 is 11.7 Å². The Kier molecular flexibility index (Phi) is 6.25. The molecular formula is C22H20N6O5S. The molecular weight excluding hydrogens is 460 g/mol. The minimum atomic E-state index is -4.01. The van der Waals surface area contributed by atoms with Gasteiger partial charge in [-0.1, -0.05) is 24.3 Å². The standard InChI is InChI=1S/C22H20N6O5S/c1-13-4-2-6-15(8-13)25-21(30)26-16-7-3-5-14(9-16)11-24-34(32,33)17-10-18-19(23-12-17)27-22(31)28-20(18)29/h2-10,12,24H,11H2,1H3,(H2,25,26,30)(H2,23,27,28,29,31). The number of pyridine rings is 1. The van der Waals surface area contributed by atoms with Crippen molar-refractivity contribution in [2.75, 3.05) is 10.6 Å². The van der Waals surface area contributed by atoms with Crippen molar-refractivity contribution in [1.29, 1.82) is 0 Å². The highest BCUT2D eigenvalue weighted by Gasteiger charge is 2.16. The Balaban J connectivity index is 1.45. The van der Waals surface area contributed by atoms with E-state index in [9.17, 15) is 22.8 Å². The van der Waals surface area contributed by atoms with Gasteiger partial charge in [0, 0.05) is 24.1 Å². The van der Waals surface area contributed by atoms with E-state index in [1.807, 2.05) is 30.1 Å². The van der Waals surface area contributed by atoms with Crippen molar-refractivity contribution < 1.29 is 13.2 Å². The molecule has 34 heavy (non-hydrogen) atoms. The highest BCUT2D eigenvalue weighted by Crippen LogP contribution is 2.15. The fraction of sp³-hybridized carbons (Fsp3) is 0.0909. The van der Waals surface area contributed by atoms with Crippen LogP contribution in [0.3, 0.4) is 0 Å². The molecule has 0 bridgehead atoms. The van der Waals surface area contributed by atoms with Gasteiger partial charge in [0.15, 0.2) is 0 Å². The van der Waals surface area contributed by atoms with Crippen LogP contribution in [0.2, 0.25) is 0 Å². The van der Waals surface area contributed by atoms with E-state index >= 15 is 0 Å². The molecule has 0 saturated heterocycles. The van der Waals surface area contributed by atoms with E-state index in [4.69, 9.17) is 0 Å². The van der Waals surface area contributed by atoms with Gasteiger partial charge in [-0.15, -0.1) is 0 Å². The number of nitrogens with zero attached hydrogens (tertiary/aromatic N) is 1. The second-order valence-electron chi connectivity index (χ2n) is 7.45. The minimum Gasteiger partial charge on any atom is -0.308 e. The predicted molar refractivity (Wildman–Crippen MR) is 127 cm³/mol. The number of H-pyrrole nitrogens is 2. The topological polar surface area (TPSA) is 166 Å². The number of fused-ring (bicyclic) bond motifs is 1. The zero-order chi connectivity index (χ0) is 24.3. The molecule has 0 fully saturated rings. The normalized spacial score (nSPS) is 11.3. The van der Waals surface area contributed by atoms with Gasteiger partial charge in [0.2, 0.25) is 10.0 Å². The van der Waals surface area contributed by atoms with E-state index in [-0.39, 0.29) is 22.5 Å². The second-order valence-corrected chi connectivity index (χ2v) is 9.22. The highest BCUT2D eigenvalue weighted by molar-refractivity contribution is 7.89. The van der Waals surface area contributed by atoms with Crippen LogP contribution in [0.1, 0.15) is 11.1 Å². The quantitative estimate of drug-likeness (QED) is 0.283. The Labute approximate surface area is 193 Å². The highest BCUT2D eigenvalue weighted by atomic mass is 32.2. The smallest absolute Gasteiger partial charge is 0.308 e. The zero-order valence-corrected chi connectivity index (χ0v) is 18.7. The number of anilines is 2. The lowest BCUT2D eigenvalue weighted by Crippen LogP contribution is -2.25. The van der Waals surface area contributed by atoms with Crippen LogP contribution in [0.4, 0.5) is 16.2 Å². The van der Waals surface area contributed by atoms with E-state index in [1.54, 1.807) is 30.3 Å². The van der Waals surface area contributed by atoms with Crippen LogP contribution in [0.25, 0.3) is 11.0 Å². The van der Waals surface area contributed by atoms with Gasteiger partial charge in [0.25, 0.3) is 5.56 Å². The number of benzene rings is 2. The first-order chi connectivity index (χ1) is 16.2. The first-order valence-corrected chi connectivity index (χ1v) is 11.5. The molecule has 0 aliphatic rings. The number of aryl methyl sites for hydroxylation is 1. The maximum Gasteiger partial charge on any atom is 0.327 e. The van der Waals surface area contributed by atoms with E-state index in [2.05, 4.69) is 25.3 Å². The summed E-state index contributed by atoms with van der Waals surface area (Å²) in [4.78, 5) is 43.5. The summed E-state index contributed by atoms with van der Waals surface area (Å²) in [5.74, 6) is 0. The van der Waals surface area contributed by atoms with Crippen LogP contribution in [0.15, 0.2) is 75.3 Å². The van der Waals surface area contributed by atoms with Crippen LogP contribution in [0, 0.1) is 6.92 Å². The van der Waals surface area contributed by atoms with Crippen molar-refractivity contribution in [2.45, 2.75) is 18.4 Å². The van der Waals surface area contributed by atoms with Gasteiger partial charge in [-0.05, 0) is 48.4 Å². The van der Waals surface area contributed by atoms with E-state index < -0.39 is 27.3 Å². The number of rotatable bonds is 6. The van der Waals surface area contributed by atoms with Gasteiger partial charge in [0.1, 0.15) is 10.5 Å². The SMILES string of the molecule is Cc1cccc(NC(=O)Nc2cccc(CNS(=O)(=O)c3cnc4[nH]c(=O)[nH]c(=O)c4c3)c2)c1. The lowest BCUT2D eigenvalue weighted by atomic mass is 10.2. The van der Waals surface area contributed by atoms with Gasteiger partial charge in [-0.3, -0.25) is 14.8 Å². The molecule has 2 aromatic carbocycles. The fourth-order valence-electron chi connectivity index (χ4n) is 3.21. The molecule has 0 radical (unpaired) electrons. The number of amides is 2. The number of nitrogens with one attached hydrogen (secondary N) is 5. The number of aromatic amines is 2. The molecule has 5 N–H and O–H groups in total. The number of urea groups is 1. The molecule has 2 heterocycles. The summed E-state index contributed by atoms with van der Waals surface area (Å²) in [6.07, 6.45) is 1.05. The molecule has 2 aromatic heterocycles. The molecule has 4 rings (SSSR count). The van der Waals surface area contributed by atoms with Crippen LogP contribution >= 0.6 is 0 Å². The monoisotopic (exact) mass is 480 g/mol. The van der Waals surface area contributed by atoms with Gasteiger partial charge in [-0.25, -0.2) is 27.7 Å². The summed E-state index contributed by atoms with van der Waals surface area (Å²) < 4.78 is 27.8. The predicted octanol–water partition coefficient (Wildman–Crippen LogP) is 2.04. The lowest BCUT2D eigenvalue weighted by molar-refractivity contribution is 0.262. The Hall–Kier alpha value is -4.29. The summed E-state index contributed by atoms with van der Waals surface area (Å²) in [5, 5.41) is 5.38. The van der Waals surface area contributed by atoms with Crippen molar-refractivity contribution >= 4 is 38.5 Å². The number of hydrogen-bond donors (Lipinski definition) is 5. The van der Waals surface area contributed by atoms with Gasteiger partial charge in [-0.2, -0.15) is 0 Å². The average molecular weight is 481 g/mol. The summed E-state index contributed by atoms with van der Waals surface area (Å²) in [6, 6.07) is 14.7. The summed E-state index contributed by atoms with van der Waals surface area (Å²) >= 11 is 0. The molecule has 174 valence electrons. The van der Waals surface area contributed by atoms with Crippen molar-refractivity contribution in [2.24, 2.45) is 0 Å². The maximum absolute atomic E-state index is 12.7. The van der Waals surface area contributed by atoms with Crippen molar-refractivity contribution in [3.63, 3.8) is 0 Å². The Morgan fingerprint density at radius 1 is 0.971 bits per heavy atom. The Morgan fingerprint density at radius 3 is 2.41 bits per heavy atom. The number of hydrogen-bond acceptors (Lipinski definition) is 6. The molecule has 0 aliphatic heterocycles. The van der Waals surface area contributed by atoms with E-state index in [0.717, 1.165) is 17.8 Å².